The molecule has 4 rings (SSSR count). The summed E-state index contributed by atoms with van der Waals surface area (Å²) in [7, 11) is 1.55. The molecule has 1 heterocycles. The van der Waals surface area contributed by atoms with Crippen LogP contribution in [0.15, 0.2) is 72.3 Å². The lowest BCUT2D eigenvalue weighted by Gasteiger charge is -2.27. The third-order valence-electron chi connectivity index (χ3n) is 7.13. The highest BCUT2D eigenvalue weighted by Gasteiger charge is 2.47. The van der Waals surface area contributed by atoms with Crippen molar-refractivity contribution in [2.45, 2.75) is 40.7 Å². The van der Waals surface area contributed by atoms with Crippen molar-refractivity contribution in [3.63, 3.8) is 0 Å². The maximum absolute atomic E-state index is 13.6. The molecule has 7 nitrogen and oxygen atoms in total. The highest BCUT2D eigenvalue weighted by Crippen LogP contribution is 2.43. The fourth-order valence-electron chi connectivity index (χ4n) is 5.00. The average molecular weight is 543 g/mol. The van der Waals surface area contributed by atoms with E-state index in [-0.39, 0.29) is 11.3 Å². The van der Waals surface area contributed by atoms with Gasteiger partial charge in [0.2, 0.25) is 0 Å². The van der Waals surface area contributed by atoms with Crippen LogP contribution in [0.5, 0.6) is 11.5 Å². The summed E-state index contributed by atoms with van der Waals surface area (Å²) < 4.78 is 11.3. The van der Waals surface area contributed by atoms with Gasteiger partial charge in [-0.1, -0.05) is 32.0 Å². The number of benzene rings is 3. The molecule has 1 aliphatic rings. The van der Waals surface area contributed by atoms with E-state index in [1.165, 1.54) is 4.90 Å². The molecule has 1 amide bonds. The number of ketones is 1. The molecule has 1 atom stereocenters. The number of carbonyl (C=O) groups excluding carboxylic acids is 2. The molecule has 1 N–H and O–H groups in total. The first-order valence-electron chi connectivity index (χ1n) is 13.7. The first kappa shape index (κ1) is 28.7. The molecule has 1 fully saturated rings. The fourth-order valence-corrected chi connectivity index (χ4v) is 5.00. The maximum Gasteiger partial charge on any atom is 0.300 e. The largest absolute Gasteiger partial charge is 0.507 e. The van der Waals surface area contributed by atoms with Crippen molar-refractivity contribution in [3.05, 3.63) is 89.0 Å². The predicted molar refractivity (Wildman–Crippen MR) is 159 cm³/mol. The Morgan fingerprint density at radius 2 is 1.70 bits per heavy atom. The minimum absolute atomic E-state index is 0.0404. The second kappa shape index (κ2) is 12.3. The third-order valence-corrected chi connectivity index (χ3v) is 7.13. The summed E-state index contributed by atoms with van der Waals surface area (Å²) in [6, 6.07) is 19.3. The van der Waals surface area contributed by atoms with Crippen LogP contribution >= 0.6 is 0 Å². The number of aryl methyl sites for hydroxylation is 1. The molecule has 3 aromatic rings. The normalized spacial score (nSPS) is 16.5. The Kier molecular flexibility index (Phi) is 8.83. The van der Waals surface area contributed by atoms with Gasteiger partial charge in [-0.25, -0.2) is 0 Å². The summed E-state index contributed by atoms with van der Waals surface area (Å²) in [6.07, 6.45) is 0. The van der Waals surface area contributed by atoms with Crippen LogP contribution in [0.4, 0.5) is 11.4 Å². The maximum atomic E-state index is 13.6. The number of anilines is 2. The van der Waals surface area contributed by atoms with Gasteiger partial charge in [-0.3, -0.25) is 14.5 Å². The summed E-state index contributed by atoms with van der Waals surface area (Å²) >= 11 is 0. The summed E-state index contributed by atoms with van der Waals surface area (Å²) in [5.74, 6) is -0.0290. The Bertz CT molecular complexity index is 1410. The highest BCUT2D eigenvalue weighted by atomic mass is 16.5. The Balaban J connectivity index is 1.85. The van der Waals surface area contributed by atoms with Crippen molar-refractivity contribution in [3.8, 4) is 11.5 Å². The lowest BCUT2D eigenvalue weighted by atomic mass is 9.94. The van der Waals surface area contributed by atoms with E-state index in [1.807, 2.05) is 31.2 Å². The van der Waals surface area contributed by atoms with E-state index in [4.69, 9.17) is 9.47 Å². The molecule has 3 aromatic carbocycles. The zero-order valence-corrected chi connectivity index (χ0v) is 24.1. The monoisotopic (exact) mass is 542 g/mol. The molecular formula is C33H38N2O5. The summed E-state index contributed by atoms with van der Waals surface area (Å²) in [5.41, 5.74) is 3.58. The van der Waals surface area contributed by atoms with Crippen molar-refractivity contribution in [1.82, 2.24) is 0 Å². The predicted octanol–water partition coefficient (Wildman–Crippen LogP) is 6.51. The van der Waals surface area contributed by atoms with Crippen LogP contribution in [0.1, 0.15) is 50.4 Å². The van der Waals surface area contributed by atoms with Crippen LogP contribution in [-0.4, -0.2) is 43.6 Å². The Hall–Kier alpha value is -4.26. The molecule has 1 aliphatic heterocycles. The minimum Gasteiger partial charge on any atom is -0.507 e. The van der Waals surface area contributed by atoms with Gasteiger partial charge < -0.3 is 19.5 Å². The second-order valence-corrected chi connectivity index (χ2v) is 10.3. The fraction of sp³-hybridized carbons (Fsp3) is 0.333. The minimum atomic E-state index is -0.824. The first-order valence-corrected chi connectivity index (χ1v) is 13.7. The van der Waals surface area contributed by atoms with Crippen molar-refractivity contribution < 1.29 is 24.2 Å². The SMILES string of the molecule is CCN(CC)c1ccc(C2/C(=C(\O)c3ccc(OCC(C)C)c(C)c3)C(=O)C(=O)N2c2cccc(OC)c2)cc1. The summed E-state index contributed by atoms with van der Waals surface area (Å²) in [6.45, 7) is 12.5. The number of ether oxygens (including phenoxy) is 2. The molecule has 1 saturated heterocycles. The number of aliphatic hydroxyl groups excluding tert-OH is 1. The number of aliphatic hydroxyl groups is 1. The molecule has 0 aliphatic carbocycles. The summed E-state index contributed by atoms with van der Waals surface area (Å²) in [4.78, 5) is 30.8. The topological polar surface area (TPSA) is 79.3 Å². The van der Waals surface area contributed by atoms with Gasteiger partial charge >= 0.3 is 0 Å². The van der Waals surface area contributed by atoms with Gasteiger partial charge in [-0.2, -0.15) is 0 Å². The van der Waals surface area contributed by atoms with E-state index in [1.54, 1.807) is 49.6 Å². The van der Waals surface area contributed by atoms with Gasteiger partial charge in [0.1, 0.15) is 17.3 Å². The van der Waals surface area contributed by atoms with E-state index >= 15 is 0 Å². The van der Waals surface area contributed by atoms with Gasteiger partial charge in [0.15, 0.2) is 0 Å². The number of hydrogen-bond acceptors (Lipinski definition) is 6. The van der Waals surface area contributed by atoms with Gasteiger partial charge in [0.25, 0.3) is 11.7 Å². The number of carbonyl (C=O) groups is 2. The molecule has 7 heteroatoms. The Morgan fingerprint density at radius 1 is 1.00 bits per heavy atom. The lowest BCUT2D eigenvalue weighted by molar-refractivity contribution is -0.132. The number of hydrogen-bond donors (Lipinski definition) is 1. The van der Waals surface area contributed by atoms with Crippen LogP contribution < -0.4 is 19.3 Å². The molecule has 0 bridgehead atoms. The third kappa shape index (κ3) is 5.69. The van der Waals surface area contributed by atoms with Crippen LogP contribution in [-0.2, 0) is 9.59 Å². The van der Waals surface area contributed by atoms with Crippen LogP contribution in [0, 0.1) is 12.8 Å². The van der Waals surface area contributed by atoms with E-state index in [2.05, 4.69) is 32.6 Å². The molecule has 0 radical (unpaired) electrons. The number of amides is 1. The Morgan fingerprint density at radius 3 is 2.30 bits per heavy atom. The van der Waals surface area contributed by atoms with Gasteiger partial charge in [-0.05, 0) is 80.3 Å². The zero-order chi connectivity index (χ0) is 29.0. The second-order valence-electron chi connectivity index (χ2n) is 10.3. The lowest BCUT2D eigenvalue weighted by Crippen LogP contribution is -2.29. The van der Waals surface area contributed by atoms with E-state index in [9.17, 15) is 14.7 Å². The molecule has 210 valence electrons. The van der Waals surface area contributed by atoms with Crippen molar-refractivity contribution in [2.75, 3.05) is 36.6 Å². The molecule has 0 aromatic heterocycles. The van der Waals surface area contributed by atoms with Crippen LogP contribution in [0.3, 0.4) is 0 Å². The van der Waals surface area contributed by atoms with Crippen LogP contribution in [0.25, 0.3) is 5.76 Å². The number of rotatable bonds is 10. The quantitative estimate of drug-likeness (QED) is 0.179. The van der Waals surface area contributed by atoms with E-state index in [0.29, 0.717) is 40.8 Å². The van der Waals surface area contributed by atoms with Gasteiger partial charge in [-0.15, -0.1) is 0 Å². The molecular weight excluding hydrogens is 504 g/mol. The Labute approximate surface area is 236 Å². The molecule has 0 saturated carbocycles. The van der Waals surface area contributed by atoms with Crippen LogP contribution in [0.2, 0.25) is 0 Å². The molecule has 0 spiro atoms. The van der Waals surface area contributed by atoms with Gasteiger partial charge in [0.05, 0.1) is 25.3 Å². The number of nitrogens with zero attached hydrogens (tertiary/aromatic N) is 2. The highest BCUT2D eigenvalue weighted by molar-refractivity contribution is 6.51. The zero-order valence-electron chi connectivity index (χ0n) is 24.1. The van der Waals surface area contributed by atoms with Crippen molar-refractivity contribution >= 4 is 28.8 Å². The van der Waals surface area contributed by atoms with Crippen molar-refractivity contribution in [2.24, 2.45) is 5.92 Å². The van der Waals surface area contributed by atoms with E-state index in [0.717, 1.165) is 24.3 Å². The van der Waals surface area contributed by atoms with Crippen molar-refractivity contribution in [1.29, 1.82) is 0 Å². The number of Topliss-reactive ketones (excluding diaryl/α,β-unsaturated/α-hetero) is 1. The smallest absolute Gasteiger partial charge is 0.300 e. The number of methoxy groups -OCH3 is 1. The van der Waals surface area contributed by atoms with E-state index < -0.39 is 17.7 Å². The van der Waals surface area contributed by atoms with Gasteiger partial charge in [0, 0.05) is 36.1 Å². The average Bonchev–Trinajstić information content (AvgIpc) is 3.22. The first-order chi connectivity index (χ1) is 19.2. The summed E-state index contributed by atoms with van der Waals surface area (Å²) in [5, 5.41) is 11.6. The standard InChI is InChI=1S/C33H38N2O5/c1-7-34(8-2)25-15-12-23(13-16-25)30-29(31(36)24-14-17-28(22(5)18-24)40-20-21(3)4)32(37)33(38)35(30)26-10-9-11-27(19-26)39-6/h9-19,21,30,36H,7-8,20H2,1-6H3/b31-29+. The molecule has 40 heavy (non-hydrogen) atoms. The molecule has 1 unspecified atom stereocenters.